The van der Waals surface area contributed by atoms with Crippen LogP contribution in [0.25, 0.3) is 0 Å². The number of aliphatic carboxylic acids is 1. The third kappa shape index (κ3) is 16.4. The van der Waals surface area contributed by atoms with Gasteiger partial charge in [0.2, 0.25) is 17.7 Å². The van der Waals surface area contributed by atoms with Gasteiger partial charge < -0.3 is 155 Å². The number of hydrogen-bond donors (Lipinski definition) is 21. The second-order valence-electron chi connectivity index (χ2n) is 20.9. The SMILES string of the molecule is CC(=O)N[C@H]1[C@H](OC[C@H]2OC(O)[C@H](NC(C)=O)[C@@H](O[C@@H]3O[C@H](CO)[C@H](O)[C@H](O[C@]4(C(=O)O)C[C@H](O)[C@@H](NC(C)=O)[C@H]([C@H](O)[C@H](O)CO)O4)[C@H]3O)[C@H]2O)O[C@H](COS(=O)(=O)O)[C@@H](O[C@@H]2O[C@H](CO)[C@H](O)[C@H](O)[C@H]2O[C@@H]2O[C@@H](C)[C@@H](O)[C@@H](O)[C@@H]2O)[C@@H]1O. The van der Waals surface area contributed by atoms with E-state index in [0.717, 1.165) is 20.8 Å². The van der Waals surface area contributed by atoms with E-state index >= 15 is 0 Å². The molecular weight excluding hydrogens is 1190 g/mol. The summed E-state index contributed by atoms with van der Waals surface area (Å²) in [5, 5.41) is 191. The summed E-state index contributed by atoms with van der Waals surface area (Å²) in [6, 6.07) is -5.47. The lowest BCUT2D eigenvalue weighted by Crippen LogP contribution is -2.71. The summed E-state index contributed by atoms with van der Waals surface area (Å²) in [6.07, 6.45) is -56.8. The van der Waals surface area contributed by atoms with Crippen molar-refractivity contribution in [1.29, 1.82) is 0 Å². The molecule has 0 aromatic rings. The minimum Gasteiger partial charge on any atom is -0.477 e. The maximum Gasteiger partial charge on any atom is 0.397 e. The quantitative estimate of drug-likeness (QED) is 0.0422. The fourth-order valence-electron chi connectivity index (χ4n) is 10.4. The van der Waals surface area contributed by atoms with Gasteiger partial charge in [0.25, 0.3) is 5.79 Å². The number of nitrogens with one attached hydrogen (secondary N) is 3. The zero-order valence-electron chi connectivity index (χ0n) is 45.4. The minimum atomic E-state index is -5.40. The molecule has 6 rings (SSSR count). The average molecular weight is 1270 g/mol. The number of rotatable bonds is 23. The summed E-state index contributed by atoms with van der Waals surface area (Å²) >= 11 is 0. The van der Waals surface area contributed by atoms with E-state index in [2.05, 4.69) is 20.1 Å². The van der Waals surface area contributed by atoms with Crippen molar-refractivity contribution in [1.82, 2.24) is 16.0 Å². The van der Waals surface area contributed by atoms with Crippen LogP contribution in [0, 0.1) is 0 Å². The molecule has 0 bridgehead atoms. The first-order valence-electron chi connectivity index (χ1n) is 26.2. The molecule has 0 spiro atoms. The number of carbonyl (C=O) groups excluding carboxylic acids is 3. The zero-order chi connectivity index (χ0) is 63.5. The molecule has 3 amide bonds. The number of aliphatic hydroxyl groups excluding tert-OH is 16. The maximum absolute atomic E-state index is 13.1. The van der Waals surface area contributed by atoms with E-state index in [1.54, 1.807) is 0 Å². The first-order chi connectivity index (χ1) is 39.7. The Morgan fingerprint density at radius 3 is 1.67 bits per heavy atom. The van der Waals surface area contributed by atoms with Gasteiger partial charge in [0.05, 0.1) is 51.3 Å². The summed E-state index contributed by atoms with van der Waals surface area (Å²) in [7, 11) is -5.40. The van der Waals surface area contributed by atoms with Gasteiger partial charge in [-0.05, 0) is 6.92 Å². The van der Waals surface area contributed by atoms with Gasteiger partial charge in [-0.15, -0.1) is 0 Å². The van der Waals surface area contributed by atoms with Gasteiger partial charge in [-0.1, -0.05) is 0 Å². The van der Waals surface area contributed by atoms with Gasteiger partial charge in [-0.3, -0.25) is 18.9 Å². The van der Waals surface area contributed by atoms with Crippen LogP contribution in [0.5, 0.6) is 0 Å². The third-order valence-corrected chi connectivity index (χ3v) is 15.2. The molecule has 0 aromatic heterocycles. The second kappa shape index (κ2) is 29.5. The summed E-state index contributed by atoms with van der Waals surface area (Å²) in [4.78, 5) is 50.4. The molecule has 6 aliphatic rings. The molecule has 492 valence electrons. The molecule has 0 aliphatic carbocycles. The van der Waals surface area contributed by atoms with Crippen LogP contribution in [-0.2, 0) is 85.9 Å². The minimum absolute atomic E-state index is 0.847. The van der Waals surface area contributed by atoms with Crippen LogP contribution in [-0.4, -0.2) is 346 Å². The topological polar surface area (TPSA) is 613 Å². The summed E-state index contributed by atoms with van der Waals surface area (Å²) in [6.45, 7) is -1.62. The van der Waals surface area contributed by atoms with Gasteiger partial charge in [0.1, 0.15) is 134 Å². The first kappa shape index (κ1) is 70.8. The van der Waals surface area contributed by atoms with Gasteiger partial charge >= 0.3 is 16.4 Å². The Morgan fingerprint density at radius 1 is 0.565 bits per heavy atom. The zero-order valence-corrected chi connectivity index (χ0v) is 46.2. The monoisotopic (exact) mass is 1270 g/mol. The van der Waals surface area contributed by atoms with E-state index in [1.165, 1.54) is 6.92 Å². The molecule has 40 heteroatoms. The third-order valence-electron chi connectivity index (χ3n) is 14.8. The Morgan fingerprint density at radius 2 is 1.09 bits per heavy atom. The van der Waals surface area contributed by atoms with E-state index in [4.69, 9.17) is 52.1 Å². The largest absolute Gasteiger partial charge is 0.477 e. The average Bonchev–Trinajstić information content (AvgIpc) is 2.55. The molecule has 39 nitrogen and oxygen atoms in total. The molecule has 6 saturated heterocycles. The molecular formula is C45H75N3O36S. The molecule has 21 N–H and O–H groups in total. The molecule has 31 atom stereocenters. The van der Waals surface area contributed by atoms with Crippen LogP contribution >= 0.6 is 0 Å². The number of ether oxygens (including phenoxy) is 11. The molecule has 6 fully saturated rings. The fourth-order valence-corrected chi connectivity index (χ4v) is 10.7. The molecule has 6 heterocycles. The Balaban J connectivity index is 1.27. The summed E-state index contributed by atoms with van der Waals surface area (Å²) in [5.74, 6) is -8.06. The molecule has 0 aromatic carbocycles. The lowest BCUT2D eigenvalue weighted by Gasteiger charge is -2.51. The number of carboxylic acid groups (broad SMARTS) is 1. The van der Waals surface area contributed by atoms with Crippen LogP contribution in [0.3, 0.4) is 0 Å². The predicted molar refractivity (Wildman–Crippen MR) is 260 cm³/mol. The Bertz CT molecular complexity index is 2340. The Labute approximate surface area is 481 Å². The predicted octanol–water partition coefficient (Wildman–Crippen LogP) is -13.6. The van der Waals surface area contributed by atoms with Crippen LogP contribution in [0.4, 0.5) is 0 Å². The van der Waals surface area contributed by atoms with E-state index in [1.807, 2.05) is 0 Å². The first-order valence-corrected chi connectivity index (χ1v) is 27.6. The van der Waals surface area contributed by atoms with E-state index in [-0.39, 0.29) is 0 Å². The normalized spacial score (nSPS) is 45.2. The summed E-state index contributed by atoms with van der Waals surface area (Å²) in [5.41, 5.74) is 0. The van der Waals surface area contributed by atoms with Crippen molar-refractivity contribution >= 4 is 34.1 Å². The van der Waals surface area contributed by atoms with Crippen LogP contribution in [0.1, 0.15) is 34.1 Å². The van der Waals surface area contributed by atoms with Crippen molar-refractivity contribution in [3.8, 4) is 0 Å². The van der Waals surface area contributed by atoms with Crippen LogP contribution < -0.4 is 16.0 Å². The number of carbonyl (C=O) groups is 4. The van der Waals surface area contributed by atoms with E-state index in [0.29, 0.717) is 0 Å². The van der Waals surface area contributed by atoms with Gasteiger partial charge in [0.15, 0.2) is 31.5 Å². The highest BCUT2D eigenvalue weighted by atomic mass is 32.3. The van der Waals surface area contributed by atoms with E-state index in [9.17, 15) is 119 Å². The van der Waals surface area contributed by atoms with E-state index < -0.39 is 263 Å². The van der Waals surface area contributed by atoms with Crippen molar-refractivity contribution in [2.45, 2.75) is 224 Å². The lowest BCUT2D eigenvalue weighted by atomic mass is 9.88. The molecule has 0 saturated carbocycles. The second-order valence-corrected chi connectivity index (χ2v) is 22.0. The van der Waals surface area contributed by atoms with Gasteiger partial charge in [-0.2, -0.15) is 8.42 Å². The lowest BCUT2D eigenvalue weighted by molar-refractivity contribution is -0.385. The highest BCUT2D eigenvalue weighted by molar-refractivity contribution is 7.80. The molecule has 0 radical (unpaired) electrons. The fraction of sp³-hybridized carbons (Fsp3) is 0.911. The highest BCUT2D eigenvalue weighted by Gasteiger charge is 2.61. The number of carboxylic acids is 1. The smallest absolute Gasteiger partial charge is 0.397 e. The van der Waals surface area contributed by atoms with Crippen LogP contribution in [0.15, 0.2) is 0 Å². The number of amides is 3. The van der Waals surface area contributed by atoms with Crippen molar-refractivity contribution in [3.05, 3.63) is 0 Å². The maximum atomic E-state index is 13.1. The van der Waals surface area contributed by atoms with Crippen molar-refractivity contribution < 1.29 is 175 Å². The Kier molecular flexibility index (Phi) is 24.6. The Hall–Kier alpha value is -3.33. The summed E-state index contributed by atoms with van der Waals surface area (Å²) < 4.78 is 101. The standard InChI is InChI=1S/C45H75N3O36S/c1-11-24(57)30(63)32(65)41(75-11)82-38-31(64)26(59)17(7-50)78-43(38)80-34-20(10-74-85(70,71)72)79-40(22(29(34)62)47-13(3)53)73-9-19-28(61)35(23(39(67)76-19)48-14(4)54)81-42-33(66)37(27(60)18(8-51)77-42)84-45(44(68)69)5-15(55)21(46-12(2)52)36(83-45)25(58)16(56)6-49/h11,15-43,49-51,55-67H,5-10H2,1-4H3,(H,46,52)(H,47,53)(H,48,54)(H,68,69)(H,70,71,72)/t11-,15-,16+,17+,18+,19+,20+,21+,22+,23+,24+,25+,26-,27-,28-,29+,30+,31-,32-,33+,34+,35+,36+,37-,38+,39?,40+,41-,42-,43-,45-/m0/s1. The van der Waals surface area contributed by atoms with Gasteiger partial charge in [-0.25, -0.2) is 8.98 Å². The molecule has 6 aliphatic heterocycles. The van der Waals surface area contributed by atoms with Crippen molar-refractivity contribution in [2.75, 3.05) is 33.0 Å². The molecule has 1 unspecified atom stereocenters. The van der Waals surface area contributed by atoms with Crippen molar-refractivity contribution in [3.63, 3.8) is 0 Å². The van der Waals surface area contributed by atoms with Gasteiger partial charge in [0, 0.05) is 27.2 Å². The van der Waals surface area contributed by atoms with Crippen LogP contribution in [0.2, 0.25) is 0 Å². The number of aliphatic hydroxyl groups is 16. The highest BCUT2D eigenvalue weighted by Crippen LogP contribution is 2.40. The number of hydrogen-bond acceptors (Lipinski definition) is 34. The molecule has 85 heavy (non-hydrogen) atoms. The van der Waals surface area contributed by atoms with Crippen molar-refractivity contribution in [2.24, 2.45) is 0 Å².